The van der Waals surface area contributed by atoms with E-state index in [2.05, 4.69) is 25.9 Å². The fourth-order valence-electron chi connectivity index (χ4n) is 4.29. The lowest BCUT2D eigenvalue weighted by atomic mass is 10.2. The number of rotatable bonds is 11. The third kappa shape index (κ3) is 7.33. The van der Waals surface area contributed by atoms with Crippen LogP contribution in [0.1, 0.15) is 35.2 Å². The van der Waals surface area contributed by atoms with Crippen molar-refractivity contribution in [2.45, 2.75) is 26.3 Å². The molecule has 2 heterocycles. The van der Waals surface area contributed by atoms with Crippen molar-refractivity contribution in [3.05, 3.63) is 83.8 Å². The predicted molar refractivity (Wildman–Crippen MR) is 152 cm³/mol. The summed E-state index contributed by atoms with van der Waals surface area (Å²) in [6.07, 6.45) is 3.50. The molecule has 0 aliphatic carbocycles. The number of hydrogen-bond acceptors (Lipinski definition) is 7. The van der Waals surface area contributed by atoms with Gasteiger partial charge in [0.25, 0.3) is 5.91 Å². The number of nitrogens with one attached hydrogen (secondary N) is 3. The lowest BCUT2D eigenvalue weighted by Crippen LogP contribution is -2.33. The number of hydrogen-bond donors (Lipinski definition) is 5. The predicted octanol–water partition coefficient (Wildman–Crippen LogP) is 2.80. The molecule has 6 N–H and O–H groups in total. The Labute approximate surface area is 235 Å². The maximum atomic E-state index is 13.3. The first-order valence-corrected chi connectivity index (χ1v) is 13.0. The Hall–Kier alpha value is -5.04. The summed E-state index contributed by atoms with van der Waals surface area (Å²) in [5.41, 5.74) is 7.96. The summed E-state index contributed by atoms with van der Waals surface area (Å²) in [5, 5.41) is 17.2. The number of aromatic nitrogens is 3. The lowest BCUT2D eigenvalue weighted by molar-refractivity contribution is -0.131. The monoisotopic (exact) mass is 562 g/mol. The summed E-state index contributed by atoms with van der Waals surface area (Å²) in [6, 6.07) is 11.9. The van der Waals surface area contributed by atoms with E-state index in [9.17, 15) is 23.9 Å². The zero-order valence-corrected chi connectivity index (χ0v) is 22.4. The van der Waals surface area contributed by atoms with E-state index in [1.165, 1.54) is 24.4 Å². The first-order chi connectivity index (χ1) is 19.8. The summed E-state index contributed by atoms with van der Waals surface area (Å²) in [4.78, 5) is 48.2. The summed E-state index contributed by atoms with van der Waals surface area (Å²) >= 11 is 0. The number of carbonyl (C=O) groups excluding carboxylic acids is 3. The largest absolute Gasteiger partial charge is 0.395 e. The minimum Gasteiger partial charge on any atom is -0.395 e. The van der Waals surface area contributed by atoms with Crippen molar-refractivity contribution in [1.82, 2.24) is 24.6 Å². The van der Waals surface area contributed by atoms with Gasteiger partial charge < -0.3 is 31.7 Å². The van der Waals surface area contributed by atoms with Gasteiger partial charge in [0, 0.05) is 56.2 Å². The fourth-order valence-corrected chi connectivity index (χ4v) is 4.29. The number of aryl methyl sites for hydroxylation is 1. The molecule has 2 aromatic heterocycles. The molecule has 4 aromatic rings. The van der Waals surface area contributed by atoms with E-state index in [0.29, 0.717) is 34.8 Å². The van der Waals surface area contributed by atoms with Crippen molar-refractivity contribution in [3.63, 3.8) is 0 Å². The standard InChI is InChI=1S/C28H31FN8O4/c1-2-36(13-14-38)23(39)10-9-22-35-24(25-26(30)31-11-12-37(22)25)27(40)33-20-7-3-5-18(15-20)17-32-28(41)34-21-8-4-6-19(29)16-21/h3-8,11-12,15-16,38H,2,9-10,13-14,17H2,1H3,(H2,30,31)(H,33,40)(H2,32,34,41). The number of imidazole rings is 1. The molecule has 12 nitrogen and oxygen atoms in total. The molecule has 4 amide bonds. The van der Waals surface area contributed by atoms with Crippen LogP contribution in [0.15, 0.2) is 60.9 Å². The molecular formula is C28H31FN8O4. The number of fused-ring (bicyclic) bond motifs is 1. The van der Waals surface area contributed by atoms with E-state index in [1.807, 2.05) is 6.92 Å². The third-order valence-corrected chi connectivity index (χ3v) is 6.26. The number of likely N-dealkylation sites (N-methyl/N-ethyl adjacent to an activating group) is 1. The number of halogens is 1. The van der Waals surface area contributed by atoms with Crippen LogP contribution >= 0.6 is 0 Å². The van der Waals surface area contributed by atoms with Gasteiger partial charge in [0.2, 0.25) is 5.91 Å². The Morgan fingerprint density at radius 2 is 1.85 bits per heavy atom. The van der Waals surface area contributed by atoms with E-state index >= 15 is 0 Å². The van der Waals surface area contributed by atoms with Crippen molar-refractivity contribution in [1.29, 1.82) is 0 Å². The molecule has 0 saturated carbocycles. The minimum absolute atomic E-state index is 0.0544. The number of nitrogen functional groups attached to an aromatic ring is 1. The van der Waals surface area contributed by atoms with Gasteiger partial charge in [-0.1, -0.05) is 18.2 Å². The summed E-state index contributed by atoms with van der Waals surface area (Å²) in [5.74, 6) is -0.544. The van der Waals surface area contributed by atoms with E-state index < -0.39 is 17.8 Å². The summed E-state index contributed by atoms with van der Waals surface area (Å²) < 4.78 is 15.0. The Balaban J connectivity index is 1.44. The first kappa shape index (κ1) is 29.0. The second-order valence-corrected chi connectivity index (χ2v) is 9.08. The number of anilines is 3. The second-order valence-electron chi connectivity index (χ2n) is 9.08. The van der Waals surface area contributed by atoms with Gasteiger partial charge >= 0.3 is 6.03 Å². The molecule has 0 radical (unpaired) electrons. The number of carbonyl (C=O) groups is 3. The number of benzene rings is 2. The quantitative estimate of drug-likeness (QED) is 0.187. The molecule has 2 aromatic carbocycles. The van der Waals surface area contributed by atoms with Crippen LogP contribution in [0.5, 0.6) is 0 Å². The van der Waals surface area contributed by atoms with Gasteiger partial charge in [-0.05, 0) is 42.8 Å². The van der Waals surface area contributed by atoms with Crippen LogP contribution in [0.25, 0.3) is 5.52 Å². The van der Waals surface area contributed by atoms with E-state index in [1.54, 1.807) is 45.8 Å². The molecule has 4 rings (SSSR count). The van der Waals surface area contributed by atoms with Gasteiger partial charge in [0.05, 0.1) is 6.61 Å². The Morgan fingerprint density at radius 3 is 2.59 bits per heavy atom. The molecule has 13 heteroatoms. The molecule has 0 bridgehead atoms. The molecule has 0 atom stereocenters. The van der Waals surface area contributed by atoms with Gasteiger partial charge in [0.15, 0.2) is 5.69 Å². The van der Waals surface area contributed by atoms with Crippen molar-refractivity contribution in [3.8, 4) is 0 Å². The minimum atomic E-state index is -0.524. The van der Waals surface area contributed by atoms with Gasteiger partial charge in [-0.15, -0.1) is 0 Å². The van der Waals surface area contributed by atoms with Crippen molar-refractivity contribution < 1.29 is 23.9 Å². The molecule has 0 aliphatic heterocycles. The summed E-state index contributed by atoms with van der Waals surface area (Å²) in [7, 11) is 0. The third-order valence-electron chi connectivity index (χ3n) is 6.26. The molecule has 0 spiro atoms. The Kier molecular flexibility index (Phi) is 9.43. The van der Waals surface area contributed by atoms with Crippen LogP contribution in [-0.4, -0.2) is 61.9 Å². The van der Waals surface area contributed by atoms with Crippen LogP contribution in [0.2, 0.25) is 0 Å². The van der Waals surface area contributed by atoms with Crippen LogP contribution in [0.4, 0.5) is 26.4 Å². The highest BCUT2D eigenvalue weighted by Gasteiger charge is 2.22. The number of aliphatic hydroxyl groups excluding tert-OH is 1. The van der Waals surface area contributed by atoms with Gasteiger partial charge in [-0.3, -0.25) is 14.0 Å². The Morgan fingerprint density at radius 1 is 1.10 bits per heavy atom. The maximum absolute atomic E-state index is 13.3. The smallest absolute Gasteiger partial charge is 0.319 e. The first-order valence-electron chi connectivity index (χ1n) is 13.0. The van der Waals surface area contributed by atoms with Gasteiger partial charge in [-0.2, -0.15) is 0 Å². The lowest BCUT2D eigenvalue weighted by Gasteiger charge is -2.19. The molecule has 214 valence electrons. The number of nitrogens with two attached hydrogens (primary N) is 1. The zero-order chi connectivity index (χ0) is 29.4. The molecule has 0 aliphatic rings. The average molecular weight is 563 g/mol. The number of amides is 4. The van der Waals surface area contributed by atoms with E-state index in [4.69, 9.17) is 5.73 Å². The van der Waals surface area contributed by atoms with E-state index in [0.717, 1.165) is 0 Å². The normalized spacial score (nSPS) is 10.8. The molecule has 41 heavy (non-hydrogen) atoms. The summed E-state index contributed by atoms with van der Waals surface area (Å²) in [6.45, 7) is 2.57. The second kappa shape index (κ2) is 13.3. The van der Waals surface area contributed by atoms with Crippen LogP contribution in [0, 0.1) is 5.82 Å². The number of nitrogens with zero attached hydrogens (tertiary/aromatic N) is 4. The van der Waals surface area contributed by atoms with Crippen LogP contribution in [0.3, 0.4) is 0 Å². The van der Waals surface area contributed by atoms with Crippen LogP contribution in [-0.2, 0) is 17.8 Å². The Bertz CT molecular complexity index is 1560. The van der Waals surface area contributed by atoms with Crippen molar-refractivity contribution in [2.24, 2.45) is 0 Å². The maximum Gasteiger partial charge on any atom is 0.319 e. The van der Waals surface area contributed by atoms with Gasteiger partial charge in [0.1, 0.15) is 23.0 Å². The average Bonchev–Trinajstić information content (AvgIpc) is 3.34. The topological polar surface area (TPSA) is 167 Å². The molecule has 0 saturated heterocycles. The van der Waals surface area contributed by atoms with Gasteiger partial charge in [-0.25, -0.2) is 19.2 Å². The highest BCUT2D eigenvalue weighted by atomic mass is 19.1. The van der Waals surface area contributed by atoms with E-state index in [-0.39, 0.29) is 50.0 Å². The highest BCUT2D eigenvalue weighted by molar-refractivity contribution is 6.09. The zero-order valence-electron chi connectivity index (χ0n) is 22.4. The van der Waals surface area contributed by atoms with Crippen molar-refractivity contribution >= 4 is 40.6 Å². The molecular weight excluding hydrogens is 531 g/mol. The molecule has 0 unspecified atom stereocenters. The highest BCUT2D eigenvalue weighted by Crippen LogP contribution is 2.21. The SMILES string of the molecule is CCN(CCO)C(=O)CCc1nc(C(=O)Nc2cccc(CNC(=O)Nc3cccc(F)c3)c2)c2c(N)nccn12. The van der Waals surface area contributed by atoms with Crippen molar-refractivity contribution in [2.75, 3.05) is 36.1 Å². The van der Waals surface area contributed by atoms with Crippen LogP contribution < -0.4 is 21.7 Å². The number of aliphatic hydroxyl groups is 1. The fraction of sp³-hybridized carbons (Fsp3) is 0.250. The molecule has 0 fully saturated rings. The number of urea groups is 1.